The molecule has 2 fully saturated rings. The highest BCUT2D eigenvalue weighted by Crippen LogP contribution is 2.28. The van der Waals surface area contributed by atoms with E-state index in [0.717, 1.165) is 18.0 Å². The Morgan fingerprint density at radius 3 is 1.45 bits per heavy atom. The molecule has 25 nitrogen and oxygen atoms in total. The van der Waals surface area contributed by atoms with Gasteiger partial charge < -0.3 is 65.4 Å². The number of likely N-dealkylation sites (N-methyl/N-ethyl adjacent to an activating group) is 7. The molecule has 94 heavy (non-hydrogen) atoms. The first kappa shape index (κ1) is 84.2. The summed E-state index contributed by atoms with van der Waals surface area (Å²) >= 11 is 1.19. The van der Waals surface area contributed by atoms with Gasteiger partial charge in [-0.3, -0.25) is 57.6 Å². The smallest absolute Gasteiger partial charge is 0.256 e. The van der Waals surface area contributed by atoms with Gasteiger partial charge in [-0.15, -0.1) is 11.8 Å². The predicted molar refractivity (Wildman–Crippen MR) is 367 cm³/mol. The van der Waals surface area contributed by atoms with Crippen molar-refractivity contribution < 1.29 is 62.6 Å². The van der Waals surface area contributed by atoms with Crippen molar-refractivity contribution in [3.05, 3.63) is 12.2 Å². The number of hydrogen-bond donors (Lipinski definition) is 5. The molecule has 0 bridgehead atoms. The second-order valence-corrected chi connectivity index (χ2v) is 29.6. The zero-order valence-electron chi connectivity index (χ0n) is 61.4. The summed E-state index contributed by atoms with van der Waals surface area (Å²) < 4.78 is 5.55. The number of morpholine rings is 1. The van der Waals surface area contributed by atoms with Crippen LogP contribution in [0.3, 0.4) is 0 Å². The van der Waals surface area contributed by atoms with Crippen molar-refractivity contribution in [2.75, 3.05) is 87.9 Å². The summed E-state index contributed by atoms with van der Waals surface area (Å²) in [4.78, 5) is 175. The van der Waals surface area contributed by atoms with Crippen LogP contribution in [0.15, 0.2) is 12.2 Å². The van der Waals surface area contributed by atoms with Gasteiger partial charge in [-0.2, -0.15) is 0 Å². The van der Waals surface area contributed by atoms with Gasteiger partial charge in [0.15, 0.2) is 5.37 Å². The molecule has 0 aliphatic carbocycles. The van der Waals surface area contributed by atoms with Crippen molar-refractivity contribution in [2.45, 2.75) is 228 Å². The SMILES string of the molecule is C/C=C/C[C@@H](C)[C@@H](O)[C@H]1C(=O)N[C@@H](CC)C(=O)N(C)[C@H](SCCCN2CCOCC2)C(=O)N(C)[C@@H](C(C)C)C(=O)N[C@@H](C(C)C)C(=O)N(C)[C@@H](CC(C)C)C(=O)N[C@@H](C)C(=O)N[C@H](C)C(=O)N(C)[C@@H](CC(C)C)C(=O)N(C)[C@@H](CC(C)C)C(=O)N(C)[C@@H](C(C)C)C(=O)N1C. The molecular formula is C68H122N12O13S. The number of ether oxygens (including phenoxy) is 1. The number of nitrogens with one attached hydrogen (secondary N) is 4. The van der Waals surface area contributed by atoms with E-state index in [1.165, 1.54) is 104 Å². The van der Waals surface area contributed by atoms with Crippen LogP contribution in [0.4, 0.5) is 0 Å². The van der Waals surface area contributed by atoms with Gasteiger partial charge >= 0.3 is 0 Å². The summed E-state index contributed by atoms with van der Waals surface area (Å²) in [6, 6.07) is -12.6. The fourth-order valence-corrected chi connectivity index (χ4v) is 13.4. The quantitative estimate of drug-likeness (QED) is 0.0911. The van der Waals surface area contributed by atoms with E-state index in [-0.39, 0.29) is 43.4 Å². The van der Waals surface area contributed by atoms with Gasteiger partial charge in [0.2, 0.25) is 59.1 Å². The Kier molecular flexibility index (Phi) is 35.3. The van der Waals surface area contributed by atoms with Gasteiger partial charge in [-0.1, -0.05) is 109 Å². The molecule has 538 valence electrons. The lowest BCUT2D eigenvalue weighted by Crippen LogP contribution is -2.64. The van der Waals surface area contributed by atoms with Crippen molar-refractivity contribution in [2.24, 2.45) is 41.4 Å². The molecule has 13 atom stereocenters. The van der Waals surface area contributed by atoms with Crippen LogP contribution in [0, 0.1) is 41.4 Å². The maximum absolute atomic E-state index is 15.4. The Balaban J connectivity index is 3.08. The van der Waals surface area contributed by atoms with E-state index in [2.05, 4.69) is 26.2 Å². The fraction of sp³-hybridized carbons (Fsp3) is 0.809. The molecule has 0 spiro atoms. The van der Waals surface area contributed by atoms with E-state index < -0.39 is 161 Å². The molecule has 11 amide bonds. The average molecular weight is 1350 g/mol. The van der Waals surface area contributed by atoms with Crippen LogP contribution in [0.2, 0.25) is 0 Å². The minimum atomic E-state index is -1.64. The Morgan fingerprint density at radius 1 is 0.500 bits per heavy atom. The molecule has 2 heterocycles. The third kappa shape index (κ3) is 23.5. The molecule has 5 N–H and O–H groups in total. The Labute approximate surface area is 567 Å². The lowest BCUT2D eigenvalue weighted by molar-refractivity contribution is -0.157. The summed E-state index contributed by atoms with van der Waals surface area (Å²) in [5, 5.41) is 22.2. The van der Waals surface area contributed by atoms with Crippen molar-refractivity contribution >= 4 is 76.7 Å². The minimum absolute atomic E-state index is 0.00210. The van der Waals surface area contributed by atoms with Crippen LogP contribution in [0.1, 0.15) is 156 Å². The third-order valence-corrected chi connectivity index (χ3v) is 19.4. The normalized spacial score (nSPS) is 27.5. The first-order valence-corrected chi connectivity index (χ1v) is 35.1. The first-order chi connectivity index (χ1) is 43.7. The molecule has 0 saturated carbocycles. The predicted octanol–water partition coefficient (Wildman–Crippen LogP) is 3.66. The molecule has 0 aromatic rings. The number of carbonyl (C=O) groups excluding carboxylic acids is 11. The summed E-state index contributed by atoms with van der Waals surface area (Å²) in [6.07, 6.45) is 3.45. The number of aliphatic hydroxyl groups is 1. The van der Waals surface area contributed by atoms with Crippen LogP contribution < -0.4 is 21.3 Å². The van der Waals surface area contributed by atoms with Crippen LogP contribution in [-0.4, -0.2) is 269 Å². The van der Waals surface area contributed by atoms with E-state index in [0.29, 0.717) is 38.4 Å². The van der Waals surface area contributed by atoms with Crippen molar-refractivity contribution in [3.63, 3.8) is 0 Å². The van der Waals surface area contributed by atoms with Gasteiger partial charge in [0.25, 0.3) is 5.91 Å². The lowest BCUT2D eigenvalue weighted by atomic mass is 9.91. The second kappa shape index (κ2) is 39.4. The van der Waals surface area contributed by atoms with Crippen LogP contribution in [0.5, 0.6) is 0 Å². The van der Waals surface area contributed by atoms with E-state index >= 15 is 28.8 Å². The Bertz CT molecular complexity index is 2560. The molecule has 0 unspecified atom stereocenters. The van der Waals surface area contributed by atoms with E-state index in [4.69, 9.17) is 4.74 Å². The number of hydrogen-bond acceptors (Lipinski definition) is 15. The van der Waals surface area contributed by atoms with E-state index in [9.17, 15) is 29.1 Å². The molecular weight excluding hydrogens is 1220 g/mol. The standard InChI is InChI=1S/C68H122N12O13S/c1-25-27-29-45(15)56(81)55-60(85)71-48(26-2)62(87)79(24)68(94-35-28-30-80-31-33-93-34-32-80)67(92)76(21)53(43(11)12)59(84)72-52(42(9)10)65(90)73(18)49(36-39(3)4)58(83)69-46(16)57(82)70-47(17)61(86)74(19)50(37-40(5)6)63(88)75(20)51(38-41(7)8)64(89)77(22)54(44(13)14)66(91)78(55)23/h25,27,39-56,68,81H,26,28-38H2,1-24H3,(H,69,83)(H,70,82)(H,71,85)(H,72,84)/b27-25+/t45-,46+,47-,48+,49+,50+,51+,52+,53+,54+,55+,56-,68-/m1/s1. The van der Waals surface area contributed by atoms with E-state index in [1.807, 2.05) is 54.5 Å². The summed E-state index contributed by atoms with van der Waals surface area (Å²) in [7, 11) is 10.1. The lowest BCUT2D eigenvalue weighted by Gasteiger charge is -2.41. The average Bonchev–Trinajstić information content (AvgIpc) is 0.810. The highest BCUT2D eigenvalue weighted by molar-refractivity contribution is 8.00. The Hall–Kier alpha value is -5.86. The number of aliphatic hydroxyl groups excluding tert-OH is 1. The highest BCUT2D eigenvalue weighted by atomic mass is 32.2. The number of amides is 11. The third-order valence-electron chi connectivity index (χ3n) is 18.0. The Morgan fingerprint density at radius 2 is 0.957 bits per heavy atom. The maximum Gasteiger partial charge on any atom is 0.256 e. The van der Waals surface area contributed by atoms with Gasteiger partial charge in [0.05, 0.1) is 19.3 Å². The molecule has 2 aliphatic rings. The van der Waals surface area contributed by atoms with Crippen LogP contribution in [0.25, 0.3) is 0 Å². The van der Waals surface area contributed by atoms with Crippen molar-refractivity contribution in [3.8, 4) is 0 Å². The monoisotopic (exact) mass is 1350 g/mol. The maximum atomic E-state index is 15.4. The fourth-order valence-electron chi connectivity index (χ4n) is 12.2. The van der Waals surface area contributed by atoms with Crippen LogP contribution >= 0.6 is 11.8 Å². The highest BCUT2D eigenvalue weighted by Gasteiger charge is 2.47. The number of rotatable bonds is 19. The summed E-state index contributed by atoms with van der Waals surface area (Å²) in [6.45, 7) is 33.1. The zero-order chi connectivity index (χ0) is 72.1. The van der Waals surface area contributed by atoms with Crippen molar-refractivity contribution in [1.29, 1.82) is 0 Å². The number of thioether (sulfide) groups is 1. The van der Waals surface area contributed by atoms with E-state index in [1.54, 1.807) is 61.5 Å². The zero-order valence-corrected chi connectivity index (χ0v) is 62.3. The molecule has 2 saturated heterocycles. The van der Waals surface area contributed by atoms with Gasteiger partial charge in [-0.05, 0) is 113 Å². The minimum Gasteiger partial charge on any atom is -0.390 e. The first-order valence-electron chi connectivity index (χ1n) is 34.0. The molecule has 26 heteroatoms. The number of nitrogens with zero attached hydrogens (tertiary/aromatic N) is 8. The molecule has 2 rings (SSSR count). The summed E-state index contributed by atoms with van der Waals surface area (Å²) in [5.74, 6) is -9.84. The van der Waals surface area contributed by atoms with Crippen molar-refractivity contribution in [1.82, 2.24) is 60.5 Å². The molecule has 0 radical (unpaired) electrons. The van der Waals surface area contributed by atoms with Gasteiger partial charge in [0, 0.05) is 62.4 Å². The van der Waals surface area contributed by atoms with Gasteiger partial charge in [-0.25, -0.2) is 0 Å². The van der Waals surface area contributed by atoms with Gasteiger partial charge in [0.1, 0.15) is 60.4 Å². The molecule has 2 aliphatic heterocycles. The molecule has 0 aromatic heterocycles. The topological polar surface area (TPSA) is 291 Å². The number of allylic oxidation sites excluding steroid dienone is 2. The largest absolute Gasteiger partial charge is 0.390 e. The molecule has 0 aromatic carbocycles. The number of carbonyl (C=O) groups is 11. The second-order valence-electron chi connectivity index (χ2n) is 28.4. The summed E-state index contributed by atoms with van der Waals surface area (Å²) in [5.41, 5.74) is 0. The van der Waals surface area contributed by atoms with Crippen LogP contribution in [-0.2, 0) is 57.5 Å².